The van der Waals surface area contributed by atoms with Gasteiger partial charge in [0, 0.05) is 24.2 Å². The van der Waals surface area contributed by atoms with E-state index in [0.29, 0.717) is 6.42 Å². The lowest BCUT2D eigenvalue weighted by molar-refractivity contribution is 0.424. The van der Waals surface area contributed by atoms with Crippen molar-refractivity contribution < 1.29 is 4.42 Å². The van der Waals surface area contributed by atoms with Crippen molar-refractivity contribution in [2.45, 2.75) is 32.2 Å². The molecule has 4 rings (SSSR count). The van der Waals surface area contributed by atoms with Crippen LogP contribution in [0.2, 0.25) is 5.02 Å². The van der Waals surface area contributed by atoms with Gasteiger partial charge in [0.15, 0.2) is 0 Å². The third-order valence-electron chi connectivity index (χ3n) is 4.49. The van der Waals surface area contributed by atoms with Gasteiger partial charge in [-0.3, -0.25) is 0 Å². The molecule has 1 aliphatic rings. The monoisotopic (exact) mass is 354 g/mol. The highest BCUT2D eigenvalue weighted by Gasteiger charge is 2.31. The molecule has 3 aromatic rings. The van der Waals surface area contributed by atoms with E-state index in [1.54, 1.807) is 12.4 Å². The van der Waals surface area contributed by atoms with Gasteiger partial charge in [-0.25, -0.2) is 15.0 Å². The molecule has 1 saturated heterocycles. The summed E-state index contributed by atoms with van der Waals surface area (Å²) >= 11 is 6.24. The largest absolute Gasteiger partial charge is 0.443 e. The number of anilines is 1. The van der Waals surface area contributed by atoms with E-state index in [4.69, 9.17) is 16.0 Å². The molecule has 0 unspecified atom stereocenters. The first-order valence-electron chi connectivity index (χ1n) is 8.45. The molecule has 0 radical (unpaired) electrons. The number of benzene rings is 1. The Morgan fingerprint density at radius 3 is 2.96 bits per heavy atom. The first kappa shape index (κ1) is 16.1. The first-order valence-corrected chi connectivity index (χ1v) is 8.83. The molecule has 1 atom stereocenters. The van der Waals surface area contributed by atoms with Gasteiger partial charge < -0.3 is 9.32 Å². The second-order valence-electron chi connectivity index (χ2n) is 6.25. The summed E-state index contributed by atoms with van der Waals surface area (Å²) in [6.07, 6.45) is 6.35. The zero-order chi connectivity index (χ0) is 17.2. The van der Waals surface area contributed by atoms with Crippen molar-refractivity contribution >= 4 is 17.4 Å². The minimum atomic E-state index is 0.120. The minimum absolute atomic E-state index is 0.120. The number of hydrogen-bond acceptors (Lipinski definition) is 5. The highest BCUT2D eigenvalue weighted by molar-refractivity contribution is 6.31. The SMILES string of the molecule is Cc1nccc(N2CCC[C@H]2c2ncc(Cc3ccccc3Cl)o2)n1. The first-order chi connectivity index (χ1) is 12.2. The second kappa shape index (κ2) is 6.84. The molecule has 1 fully saturated rings. The highest BCUT2D eigenvalue weighted by Crippen LogP contribution is 2.35. The molecular weight excluding hydrogens is 336 g/mol. The number of rotatable bonds is 4. The third-order valence-corrected chi connectivity index (χ3v) is 4.86. The van der Waals surface area contributed by atoms with Crippen molar-refractivity contribution in [1.29, 1.82) is 0 Å². The molecule has 5 nitrogen and oxygen atoms in total. The Kier molecular flexibility index (Phi) is 4.40. The van der Waals surface area contributed by atoms with Crippen LogP contribution < -0.4 is 4.90 Å². The summed E-state index contributed by atoms with van der Waals surface area (Å²) in [5.41, 5.74) is 1.04. The fraction of sp³-hybridized carbons (Fsp3) is 0.316. The van der Waals surface area contributed by atoms with E-state index < -0.39 is 0 Å². The average molecular weight is 355 g/mol. The fourth-order valence-corrected chi connectivity index (χ4v) is 3.49. The summed E-state index contributed by atoms with van der Waals surface area (Å²) in [5, 5.41) is 0.749. The van der Waals surface area contributed by atoms with E-state index in [2.05, 4.69) is 19.9 Å². The predicted molar refractivity (Wildman–Crippen MR) is 96.9 cm³/mol. The summed E-state index contributed by atoms with van der Waals surface area (Å²) in [6.45, 7) is 2.85. The van der Waals surface area contributed by atoms with E-state index in [-0.39, 0.29) is 6.04 Å². The molecule has 0 aliphatic carbocycles. The van der Waals surface area contributed by atoms with Gasteiger partial charge in [0.25, 0.3) is 0 Å². The predicted octanol–water partition coefficient (Wildman–Crippen LogP) is 4.36. The molecule has 6 heteroatoms. The molecule has 0 amide bonds. The van der Waals surface area contributed by atoms with Crippen molar-refractivity contribution in [2.24, 2.45) is 0 Å². The Morgan fingerprint density at radius 1 is 1.24 bits per heavy atom. The summed E-state index contributed by atoms with van der Waals surface area (Å²) in [7, 11) is 0. The van der Waals surface area contributed by atoms with Crippen molar-refractivity contribution in [3.05, 3.63) is 70.8 Å². The molecule has 1 aliphatic heterocycles. The maximum absolute atomic E-state index is 6.24. The maximum Gasteiger partial charge on any atom is 0.217 e. The maximum atomic E-state index is 6.24. The Hall–Kier alpha value is -2.40. The molecule has 128 valence electrons. The van der Waals surface area contributed by atoms with Gasteiger partial charge in [-0.2, -0.15) is 0 Å². The lowest BCUT2D eigenvalue weighted by atomic mass is 10.1. The smallest absolute Gasteiger partial charge is 0.217 e. The molecule has 2 aromatic heterocycles. The van der Waals surface area contributed by atoms with Gasteiger partial charge in [0.1, 0.15) is 23.4 Å². The van der Waals surface area contributed by atoms with Crippen LogP contribution in [0.1, 0.15) is 41.9 Å². The second-order valence-corrected chi connectivity index (χ2v) is 6.65. The van der Waals surface area contributed by atoms with E-state index in [1.165, 1.54) is 0 Å². The molecular formula is C19H19ClN4O. The average Bonchev–Trinajstić information content (AvgIpc) is 3.26. The highest BCUT2D eigenvalue weighted by atomic mass is 35.5. The summed E-state index contributed by atoms with van der Waals surface area (Å²) in [5.74, 6) is 3.28. The van der Waals surface area contributed by atoms with Crippen LogP contribution in [-0.4, -0.2) is 21.5 Å². The van der Waals surface area contributed by atoms with Gasteiger partial charge in [0.2, 0.25) is 5.89 Å². The number of nitrogens with zero attached hydrogens (tertiary/aromatic N) is 4. The molecule has 0 bridgehead atoms. The van der Waals surface area contributed by atoms with Crippen molar-refractivity contribution in [1.82, 2.24) is 15.0 Å². The zero-order valence-corrected chi connectivity index (χ0v) is 14.8. The fourth-order valence-electron chi connectivity index (χ4n) is 3.29. The number of hydrogen-bond donors (Lipinski definition) is 0. The van der Waals surface area contributed by atoms with Crippen LogP contribution >= 0.6 is 11.6 Å². The Bertz CT molecular complexity index is 879. The van der Waals surface area contributed by atoms with Gasteiger partial charge in [-0.15, -0.1) is 0 Å². The van der Waals surface area contributed by atoms with Gasteiger partial charge in [-0.1, -0.05) is 29.8 Å². The summed E-state index contributed by atoms with van der Waals surface area (Å²) in [6, 6.07) is 9.88. The normalized spacial score (nSPS) is 17.2. The van der Waals surface area contributed by atoms with E-state index in [9.17, 15) is 0 Å². The van der Waals surface area contributed by atoms with Gasteiger partial charge in [-0.05, 0) is 37.5 Å². The van der Waals surface area contributed by atoms with Crippen molar-refractivity contribution in [3.63, 3.8) is 0 Å². The number of aromatic nitrogens is 3. The van der Waals surface area contributed by atoms with Crippen molar-refractivity contribution in [2.75, 3.05) is 11.4 Å². The Balaban J connectivity index is 1.56. The number of aryl methyl sites for hydroxylation is 1. The molecule has 0 spiro atoms. The Morgan fingerprint density at radius 2 is 2.12 bits per heavy atom. The van der Waals surface area contributed by atoms with E-state index >= 15 is 0 Å². The van der Waals surface area contributed by atoms with Crippen LogP contribution in [0.5, 0.6) is 0 Å². The van der Waals surface area contributed by atoms with Crippen LogP contribution in [0, 0.1) is 6.92 Å². The van der Waals surface area contributed by atoms with Crippen LogP contribution in [0.15, 0.2) is 47.1 Å². The standard InChI is InChI=1S/C19H19ClN4O/c1-13-21-9-8-18(23-13)24-10-4-7-17(24)19-22-12-15(25-19)11-14-5-2-3-6-16(14)20/h2-3,5-6,8-9,12,17H,4,7,10-11H2,1H3/t17-/m0/s1. The quantitative estimate of drug-likeness (QED) is 0.696. The zero-order valence-electron chi connectivity index (χ0n) is 14.0. The van der Waals surface area contributed by atoms with Crippen molar-refractivity contribution in [3.8, 4) is 0 Å². The van der Waals surface area contributed by atoms with Gasteiger partial charge >= 0.3 is 0 Å². The third kappa shape index (κ3) is 3.37. The number of halogens is 1. The summed E-state index contributed by atoms with van der Waals surface area (Å²) in [4.78, 5) is 15.5. The van der Waals surface area contributed by atoms with Gasteiger partial charge in [0.05, 0.1) is 6.20 Å². The lowest BCUT2D eigenvalue weighted by Crippen LogP contribution is -2.24. The topological polar surface area (TPSA) is 55.1 Å². The van der Waals surface area contributed by atoms with E-state index in [1.807, 2.05) is 37.3 Å². The molecule has 0 N–H and O–H groups in total. The van der Waals surface area contributed by atoms with Crippen LogP contribution in [0.25, 0.3) is 0 Å². The summed E-state index contributed by atoms with van der Waals surface area (Å²) < 4.78 is 6.05. The molecule has 3 heterocycles. The van der Waals surface area contributed by atoms with Crippen LogP contribution in [0.3, 0.4) is 0 Å². The van der Waals surface area contributed by atoms with E-state index in [0.717, 1.165) is 53.3 Å². The van der Waals surface area contributed by atoms with Crippen LogP contribution in [0.4, 0.5) is 5.82 Å². The Labute approximate surface area is 151 Å². The lowest BCUT2D eigenvalue weighted by Gasteiger charge is -2.23. The molecule has 1 aromatic carbocycles. The molecule has 0 saturated carbocycles. The molecule has 25 heavy (non-hydrogen) atoms. The van der Waals surface area contributed by atoms with Crippen LogP contribution in [-0.2, 0) is 6.42 Å². The number of oxazole rings is 1. The minimum Gasteiger partial charge on any atom is -0.443 e.